The van der Waals surface area contributed by atoms with Gasteiger partial charge in [-0.25, -0.2) is 4.79 Å². The molecule has 3 rings (SSSR count). The lowest BCUT2D eigenvalue weighted by atomic mass is 9.77. The third-order valence-corrected chi connectivity index (χ3v) is 5.96. The molecule has 0 aromatic heterocycles. The number of aromatic carboxylic acids is 1. The molecule has 202 valence electrons. The van der Waals surface area contributed by atoms with Crippen molar-refractivity contribution in [2.75, 3.05) is 20.6 Å². The predicted octanol–water partition coefficient (Wildman–Crippen LogP) is 5.59. The van der Waals surface area contributed by atoms with E-state index in [0.29, 0.717) is 12.8 Å². The number of carboxylic acids is 1. The van der Waals surface area contributed by atoms with Crippen molar-refractivity contribution in [1.82, 2.24) is 4.90 Å². The molecule has 0 aliphatic heterocycles. The number of carbonyl (C=O) groups excluding carboxylic acids is 2. The number of hydrogen-bond acceptors (Lipinski definition) is 6. The van der Waals surface area contributed by atoms with Gasteiger partial charge in [0.1, 0.15) is 16.9 Å². The summed E-state index contributed by atoms with van der Waals surface area (Å²) >= 11 is 0. The smallest absolute Gasteiger partial charge is 0.339 e. The first kappa shape index (κ1) is 30.3. The van der Waals surface area contributed by atoms with Crippen molar-refractivity contribution in [3.63, 3.8) is 0 Å². The first-order chi connectivity index (χ1) is 18.1. The predicted molar refractivity (Wildman–Crippen MR) is 147 cm³/mol. The molecule has 0 saturated heterocycles. The molecular formula is C31H37NO6. The Hall–Kier alpha value is -3.97. The zero-order valence-corrected chi connectivity index (χ0v) is 22.7. The van der Waals surface area contributed by atoms with Crippen molar-refractivity contribution in [3.05, 3.63) is 102 Å². The summed E-state index contributed by atoms with van der Waals surface area (Å²) in [5.41, 5.74) is 1.52. The van der Waals surface area contributed by atoms with E-state index in [1.165, 1.54) is 24.6 Å². The molecule has 3 aromatic rings. The number of carboxylic acid groups (broad SMARTS) is 1. The maximum Gasteiger partial charge on any atom is 0.339 e. The van der Waals surface area contributed by atoms with Crippen LogP contribution in [0.15, 0.2) is 84.9 Å². The Morgan fingerprint density at radius 3 is 1.97 bits per heavy atom. The van der Waals surface area contributed by atoms with E-state index >= 15 is 0 Å². The van der Waals surface area contributed by atoms with E-state index in [1.807, 2.05) is 43.3 Å². The number of benzene rings is 3. The van der Waals surface area contributed by atoms with Crippen molar-refractivity contribution in [3.8, 4) is 5.75 Å². The van der Waals surface area contributed by atoms with E-state index in [-0.39, 0.29) is 23.2 Å². The van der Waals surface area contributed by atoms with Crippen molar-refractivity contribution < 1.29 is 29.0 Å². The summed E-state index contributed by atoms with van der Waals surface area (Å²) in [6.45, 7) is 6.06. The molecule has 0 amide bonds. The number of nitrogens with zero attached hydrogens (tertiary/aromatic N) is 1. The third kappa shape index (κ3) is 8.85. The Labute approximate surface area is 225 Å². The first-order valence-corrected chi connectivity index (χ1v) is 12.6. The van der Waals surface area contributed by atoms with E-state index in [2.05, 4.69) is 54.9 Å². The maximum absolute atomic E-state index is 12.3. The number of hydrogen-bond donors (Lipinski definition) is 1. The van der Waals surface area contributed by atoms with Gasteiger partial charge in [0.15, 0.2) is 0 Å². The van der Waals surface area contributed by atoms with Crippen LogP contribution in [0.5, 0.6) is 5.75 Å². The lowest BCUT2D eigenvalue weighted by Gasteiger charge is -2.40. The molecule has 1 N–H and O–H groups in total. The molecule has 2 atom stereocenters. The molecule has 0 spiro atoms. The van der Waals surface area contributed by atoms with E-state index < -0.39 is 17.5 Å². The summed E-state index contributed by atoms with van der Waals surface area (Å²) in [6, 6.07) is 26.4. The van der Waals surface area contributed by atoms with Gasteiger partial charge in [-0.1, -0.05) is 86.6 Å². The minimum absolute atomic E-state index is 0.0160. The Balaban J connectivity index is 0.000000328. The van der Waals surface area contributed by atoms with Crippen LogP contribution >= 0.6 is 0 Å². The van der Waals surface area contributed by atoms with Crippen molar-refractivity contribution in [1.29, 1.82) is 0 Å². The highest BCUT2D eigenvalue weighted by Crippen LogP contribution is 2.38. The average Bonchev–Trinajstić information content (AvgIpc) is 2.89. The standard InChI is InChI=1S/C22H29NO2.C9H8O4/c1-5-21(24)25-22(18(2)17-23(3)4,20-14-10-7-11-15-20)16-19-12-8-6-9-13-19;1-6(10)13-8-5-3-2-4-7(8)9(11)12/h6-15,18H,5,16-17H2,1-4H3;2-5H,1H3,(H,11,12). The lowest BCUT2D eigenvalue weighted by Crippen LogP contribution is -2.44. The van der Waals surface area contributed by atoms with Gasteiger partial charge >= 0.3 is 17.9 Å². The van der Waals surface area contributed by atoms with Crippen LogP contribution in [0.4, 0.5) is 0 Å². The van der Waals surface area contributed by atoms with Gasteiger partial charge in [0.25, 0.3) is 0 Å². The van der Waals surface area contributed by atoms with Crippen molar-refractivity contribution in [2.45, 2.75) is 39.2 Å². The number of esters is 2. The largest absolute Gasteiger partial charge is 0.478 e. The zero-order chi connectivity index (χ0) is 28.1. The zero-order valence-electron chi connectivity index (χ0n) is 22.7. The van der Waals surface area contributed by atoms with Crippen molar-refractivity contribution >= 4 is 17.9 Å². The van der Waals surface area contributed by atoms with Crippen LogP contribution in [0.25, 0.3) is 0 Å². The minimum Gasteiger partial charge on any atom is -0.478 e. The van der Waals surface area contributed by atoms with Crippen LogP contribution in [-0.4, -0.2) is 48.6 Å². The monoisotopic (exact) mass is 519 g/mol. The molecular weight excluding hydrogens is 482 g/mol. The molecule has 0 saturated carbocycles. The first-order valence-electron chi connectivity index (χ1n) is 12.6. The number of ether oxygens (including phenoxy) is 2. The van der Waals surface area contributed by atoms with Crippen LogP contribution in [0, 0.1) is 5.92 Å². The van der Waals surface area contributed by atoms with Gasteiger partial charge < -0.3 is 19.5 Å². The summed E-state index contributed by atoms with van der Waals surface area (Å²) in [7, 11) is 4.10. The fourth-order valence-electron chi connectivity index (χ4n) is 4.23. The highest BCUT2D eigenvalue weighted by Gasteiger charge is 2.42. The second-order valence-electron chi connectivity index (χ2n) is 9.30. The molecule has 0 heterocycles. The Bertz CT molecular complexity index is 1180. The summed E-state index contributed by atoms with van der Waals surface area (Å²) in [4.78, 5) is 35.7. The van der Waals surface area contributed by atoms with Gasteiger partial charge in [-0.2, -0.15) is 0 Å². The molecule has 3 aromatic carbocycles. The second-order valence-corrected chi connectivity index (χ2v) is 9.30. The van der Waals surface area contributed by atoms with E-state index in [0.717, 1.165) is 12.1 Å². The molecule has 0 radical (unpaired) electrons. The maximum atomic E-state index is 12.3. The normalized spacial score (nSPS) is 12.9. The lowest BCUT2D eigenvalue weighted by molar-refractivity contribution is -0.168. The quantitative estimate of drug-likeness (QED) is 0.276. The molecule has 7 heteroatoms. The second kappa shape index (κ2) is 14.7. The third-order valence-electron chi connectivity index (χ3n) is 5.96. The molecule has 0 aliphatic rings. The average molecular weight is 520 g/mol. The van der Waals surface area contributed by atoms with E-state index in [9.17, 15) is 14.4 Å². The van der Waals surface area contributed by atoms with Crippen LogP contribution < -0.4 is 4.74 Å². The van der Waals surface area contributed by atoms with Gasteiger partial charge in [0.2, 0.25) is 0 Å². The molecule has 0 bridgehead atoms. The van der Waals surface area contributed by atoms with Gasteiger partial charge in [0.05, 0.1) is 0 Å². The number of rotatable bonds is 10. The molecule has 0 aliphatic carbocycles. The highest BCUT2D eigenvalue weighted by molar-refractivity contribution is 5.91. The summed E-state index contributed by atoms with van der Waals surface area (Å²) < 4.78 is 10.9. The van der Waals surface area contributed by atoms with Crippen LogP contribution in [0.3, 0.4) is 0 Å². The van der Waals surface area contributed by atoms with Crippen LogP contribution in [0.1, 0.15) is 48.7 Å². The Morgan fingerprint density at radius 1 is 0.895 bits per heavy atom. The summed E-state index contributed by atoms with van der Waals surface area (Å²) in [5, 5.41) is 8.69. The van der Waals surface area contributed by atoms with Gasteiger partial charge in [0, 0.05) is 32.2 Å². The highest BCUT2D eigenvalue weighted by atomic mass is 16.6. The van der Waals surface area contributed by atoms with Crippen LogP contribution in [-0.2, 0) is 26.3 Å². The van der Waals surface area contributed by atoms with Crippen LogP contribution in [0.2, 0.25) is 0 Å². The number of para-hydroxylation sites is 1. The van der Waals surface area contributed by atoms with Gasteiger partial charge in [-0.05, 0) is 37.4 Å². The molecule has 38 heavy (non-hydrogen) atoms. The molecule has 0 fully saturated rings. The SMILES string of the molecule is CC(=O)Oc1ccccc1C(=O)O.CCC(=O)OC(Cc1ccccc1)(c1ccccc1)C(C)CN(C)C. The Kier molecular flexibility index (Phi) is 11.7. The van der Waals surface area contributed by atoms with E-state index in [1.54, 1.807) is 12.1 Å². The fraction of sp³-hybridized carbons (Fsp3) is 0.323. The Morgan fingerprint density at radius 2 is 1.45 bits per heavy atom. The minimum atomic E-state index is -1.11. The summed E-state index contributed by atoms with van der Waals surface area (Å²) in [6.07, 6.45) is 1.04. The fourth-order valence-corrected chi connectivity index (χ4v) is 4.23. The van der Waals surface area contributed by atoms with Gasteiger partial charge in [-0.15, -0.1) is 0 Å². The molecule has 7 nitrogen and oxygen atoms in total. The summed E-state index contributed by atoms with van der Waals surface area (Å²) in [5.74, 6) is -1.60. The van der Waals surface area contributed by atoms with Gasteiger partial charge in [-0.3, -0.25) is 9.59 Å². The molecule has 2 unspecified atom stereocenters. The topological polar surface area (TPSA) is 93.1 Å². The van der Waals surface area contributed by atoms with Crippen molar-refractivity contribution in [2.24, 2.45) is 5.92 Å². The number of carbonyl (C=O) groups is 3. The van der Waals surface area contributed by atoms with E-state index in [4.69, 9.17) is 9.84 Å².